The molecule has 0 amide bonds. The van der Waals surface area contributed by atoms with Gasteiger partial charge in [-0.05, 0) is 262 Å². The SMILES string of the molecule is C1=CC2=C(CC1)Cc1cc3c(cc12)Cc1ccccc1-3.C1=CC2=C(CC1)Cc1ccc3c(c12)-c1ccccc1C3.c1ccc2c(c1)Cc1c-2ccc2c1-c1ccccc1C2.c1ccc2c(c1)Cc1cc3c(cc1-2)-c1ccccc1C3. The van der Waals surface area contributed by atoms with E-state index >= 15 is 0 Å². The number of benzene rings is 10. The van der Waals surface area contributed by atoms with E-state index in [0.29, 0.717) is 0 Å². The lowest BCUT2D eigenvalue weighted by molar-refractivity contribution is 0.935. The lowest BCUT2D eigenvalue weighted by atomic mass is 9.91. The van der Waals surface area contributed by atoms with Gasteiger partial charge >= 0.3 is 0 Å². The van der Waals surface area contributed by atoms with Crippen molar-refractivity contribution in [3.8, 4) is 66.8 Å². The summed E-state index contributed by atoms with van der Waals surface area (Å²) in [5, 5.41) is 0. The molecule has 0 heteroatoms. The van der Waals surface area contributed by atoms with Crippen LogP contribution in [0.15, 0.2) is 230 Å². The van der Waals surface area contributed by atoms with Gasteiger partial charge in [0.15, 0.2) is 0 Å². The molecule has 0 unspecified atom stereocenters. The molecule has 0 radical (unpaired) electrons. The second-order valence-electron chi connectivity index (χ2n) is 23.9. The molecule has 80 heavy (non-hydrogen) atoms. The van der Waals surface area contributed by atoms with Crippen molar-refractivity contribution in [2.75, 3.05) is 0 Å². The van der Waals surface area contributed by atoms with Crippen LogP contribution in [0, 0.1) is 0 Å². The number of allylic oxidation sites excluding steroid dienone is 8. The number of hydrogen-bond donors (Lipinski definition) is 0. The first-order valence-corrected chi connectivity index (χ1v) is 29.5. The molecular weight excluding hydrogens is 961 g/mol. The maximum Gasteiger partial charge on any atom is -0.000718 e. The summed E-state index contributed by atoms with van der Waals surface area (Å²) in [7, 11) is 0. The maximum atomic E-state index is 2.46. The van der Waals surface area contributed by atoms with Gasteiger partial charge in [-0.3, -0.25) is 0 Å². The van der Waals surface area contributed by atoms with E-state index in [4.69, 9.17) is 0 Å². The molecule has 0 atom stereocenters. The van der Waals surface area contributed by atoms with E-state index in [2.05, 4.69) is 218 Å². The summed E-state index contributed by atoms with van der Waals surface area (Å²) in [6, 6.07) is 72.2. The fourth-order valence-corrected chi connectivity index (χ4v) is 15.8. The zero-order chi connectivity index (χ0) is 52.4. The van der Waals surface area contributed by atoms with Crippen LogP contribution in [-0.2, 0) is 51.4 Å². The van der Waals surface area contributed by atoms with Crippen molar-refractivity contribution in [2.45, 2.75) is 77.0 Å². The largest absolute Gasteiger partial charge is 0.0836 e. The Morgan fingerprint density at radius 1 is 0.212 bits per heavy atom. The minimum Gasteiger partial charge on any atom is -0.0836 e. The first-order valence-electron chi connectivity index (χ1n) is 29.5. The van der Waals surface area contributed by atoms with Crippen molar-refractivity contribution >= 4 is 11.1 Å². The first kappa shape index (κ1) is 46.1. The van der Waals surface area contributed by atoms with E-state index in [-0.39, 0.29) is 0 Å². The van der Waals surface area contributed by atoms with Crippen LogP contribution in [0.25, 0.3) is 77.9 Å². The molecule has 0 fully saturated rings. The Morgan fingerprint density at radius 2 is 0.588 bits per heavy atom. The Morgan fingerprint density at radius 3 is 1.18 bits per heavy atom. The van der Waals surface area contributed by atoms with E-state index < -0.39 is 0 Å². The number of rotatable bonds is 0. The Balaban J connectivity index is 0.0000000853. The molecule has 380 valence electrons. The minimum atomic E-state index is 1.09. The van der Waals surface area contributed by atoms with Crippen LogP contribution < -0.4 is 0 Å². The maximum absolute atomic E-state index is 2.46. The summed E-state index contributed by atoms with van der Waals surface area (Å²) in [6.07, 6.45) is 23.2. The minimum absolute atomic E-state index is 1.09. The molecule has 10 aliphatic carbocycles. The van der Waals surface area contributed by atoms with Gasteiger partial charge in [0, 0.05) is 0 Å². The van der Waals surface area contributed by atoms with E-state index in [1.807, 2.05) is 0 Å². The summed E-state index contributed by atoms with van der Waals surface area (Å²) in [5.74, 6) is 0. The highest BCUT2D eigenvalue weighted by atomic mass is 14.4. The third-order valence-electron chi connectivity index (χ3n) is 19.4. The Bertz CT molecular complexity index is 4380. The van der Waals surface area contributed by atoms with Crippen LogP contribution in [0.4, 0.5) is 0 Å². The predicted octanol–water partition coefficient (Wildman–Crippen LogP) is 19.5. The summed E-state index contributed by atoms with van der Waals surface area (Å²) in [5.41, 5.74) is 47.9. The van der Waals surface area contributed by atoms with Gasteiger partial charge in [0.2, 0.25) is 0 Å². The fraction of sp³-hybridized carbons (Fsp3) is 0.150. The highest BCUT2D eigenvalue weighted by molar-refractivity contribution is 5.96. The quantitative estimate of drug-likeness (QED) is 0.142. The van der Waals surface area contributed by atoms with E-state index in [0.717, 1.165) is 38.5 Å². The normalized spacial score (nSPS) is 15.7. The second-order valence-corrected chi connectivity index (χ2v) is 23.9. The van der Waals surface area contributed by atoms with Crippen LogP contribution in [0.2, 0.25) is 0 Å². The average molecular weight is 1020 g/mol. The van der Waals surface area contributed by atoms with E-state index in [1.165, 1.54) is 200 Å². The van der Waals surface area contributed by atoms with Crippen LogP contribution in [0.5, 0.6) is 0 Å². The van der Waals surface area contributed by atoms with Crippen molar-refractivity contribution in [1.29, 1.82) is 0 Å². The Hall–Kier alpha value is -8.84. The second kappa shape index (κ2) is 18.4. The molecule has 20 rings (SSSR count). The molecular formula is C80H60. The summed E-state index contributed by atoms with van der Waals surface area (Å²) in [4.78, 5) is 0. The Labute approximate surface area is 470 Å². The van der Waals surface area contributed by atoms with Crippen molar-refractivity contribution in [3.63, 3.8) is 0 Å². The van der Waals surface area contributed by atoms with Gasteiger partial charge in [-0.25, -0.2) is 0 Å². The predicted molar refractivity (Wildman–Crippen MR) is 333 cm³/mol. The molecule has 10 aromatic rings. The molecule has 0 nitrogen and oxygen atoms in total. The third kappa shape index (κ3) is 7.34. The zero-order valence-corrected chi connectivity index (χ0v) is 45.3. The number of hydrogen-bond acceptors (Lipinski definition) is 0. The van der Waals surface area contributed by atoms with Gasteiger partial charge in [0.1, 0.15) is 0 Å². The molecule has 0 saturated heterocycles. The highest BCUT2D eigenvalue weighted by Gasteiger charge is 2.32. The molecule has 10 aromatic carbocycles. The lowest BCUT2D eigenvalue weighted by Gasteiger charge is -2.12. The standard InChI is InChI=1S/C20H14.C20H16.C20H14.C20H16/c1-3-7-16-14(6-1)12-19-18(16)10-9-15-11-13-5-2-4-8-17(13)20(15)19;1-3-7-17-13(5-1)9-15-11-20-16(12-19(15)17)10-14-6-2-4-8-18(14)20;1-3-7-17-13(5-1)9-15-11-16-10-14-6-2-4-8-18(14)20(16)12-19(15)17;1-3-7-17-13(5-1)11-15-9-10-16-12-14-6-2-4-8-18(14)20(16)19(15)17/h1-10H,11-12H2;1,3-5,7-8,11-12H,2,6,9-10H2;1-8,11-12H,9-10H2;1,3-5,7-10H,2,6,11-12H2. The zero-order valence-electron chi connectivity index (χ0n) is 45.3. The molecule has 0 saturated carbocycles. The van der Waals surface area contributed by atoms with Crippen LogP contribution in [-0.4, -0.2) is 0 Å². The van der Waals surface area contributed by atoms with Gasteiger partial charge in [-0.1, -0.05) is 211 Å². The van der Waals surface area contributed by atoms with Gasteiger partial charge in [-0.15, -0.1) is 0 Å². The van der Waals surface area contributed by atoms with Crippen LogP contribution >= 0.6 is 0 Å². The van der Waals surface area contributed by atoms with Crippen molar-refractivity contribution in [1.82, 2.24) is 0 Å². The summed E-state index contributed by atoms with van der Waals surface area (Å²) >= 11 is 0. The molecule has 0 aliphatic heterocycles. The van der Waals surface area contributed by atoms with E-state index in [9.17, 15) is 0 Å². The van der Waals surface area contributed by atoms with E-state index in [1.54, 1.807) is 16.7 Å². The van der Waals surface area contributed by atoms with Crippen molar-refractivity contribution in [2.24, 2.45) is 0 Å². The van der Waals surface area contributed by atoms with Crippen LogP contribution in [0.3, 0.4) is 0 Å². The highest BCUT2D eigenvalue weighted by Crippen LogP contribution is 2.51. The lowest BCUT2D eigenvalue weighted by Crippen LogP contribution is -1.91. The molecule has 0 heterocycles. The number of fused-ring (bicyclic) bond motifs is 24. The molecule has 0 spiro atoms. The molecule has 0 bridgehead atoms. The van der Waals surface area contributed by atoms with Gasteiger partial charge < -0.3 is 0 Å². The summed E-state index contributed by atoms with van der Waals surface area (Å²) < 4.78 is 0. The van der Waals surface area contributed by atoms with Gasteiger partial charge in [-0.2, -0.15) is 0 Å². The molecule has 0 N–H and O–H groups in total. The smallest absolute Gasteiger partial charge is 0.000718 e. The molecule has 0 aromatic heterocycles. The van der Waals surface area contributed by atoms with Gasteiger partial charge in [0.25, 0.3) is 0 Å². The third-order valence-corrected chi connectivity index (χ3v) is 19.4. The molecule has 10 aliphatic rings. The fourth-order valence-electron chi connectivity index (χ4n) is 15.8. The van der Waals surface area contributed by atoms with Crippen LogP contribution in [0.1, 0.15) is 115 Å². The monoisotopic (exact) mass is 1020 g/mol. The topological polar surface area (TPSA) is 0 Å². The van der Waals surface area contributed by atoms with Crippen molar-refractivity contribution < 1.29 is 0 Å². The first-order chi connectivity index (χ1) is 39.6. The van der Waals surface area contributed by atoms with Gasteiger partial charge in [0.05, 0.1) is 0 Å². The summed E-state index contributed by atoms with van der Waals surface area (Å²) in [6.45, 7) is 0. The Kier molecular flexibility index (Phi) is 10.6. The van der Waals surface area contributed by atoms with Crippen molar-refractivity contribution in [3.05, 3.63) is 319 Å². The average Bonchev–Trinajstić information content (AvgIpc) is 4.57.